The van der Waals surface area contributed by atoms with E-state index in [0.717, 1.165) is 13.1 Å². The molecule has 1 saturated heterocycles. The van der Waals surface area contributed by atoms with E-state index in [9.17, 15) is 0 Å². The van der Waals surface area contributed by atoms with E-state index in [1.807, 2.05) is 0 Å². The number of rotatable bonds is 3. The van der Waals surface area contributed by atoms with E-state index in [4.69, 9.17) is 0 Å². The van der Waals surface area contributed by atoms with Crippen LogP contribution in [0.3, 0.4) is 0 Å². The third-order valence-electron chi connectivity index (χ3n) is 2.60. The van der Waals surface area contributed by atoms with Crippen molar-refractivity contribution in [1.29, 1.82) is 0 Å². The highest BCUT2D eigenvalue weighted by atomic mass is 15.2. The molecule has 0 aromatic heterocycles. The Kier molecular flexibility index (Phi) is 4.16. The van der Waals surface area contributed by atoms with Crippen LogP contribution < -0.4 is 5.32 Å². The molecule has 0 spiro atoms. The Morgan fingerprint density at radius 3 is 2.69 bits per heavy atom. The lowest BCUT2D eigenvalue weighted by atomic mass is 10.1. The summed E-state index contributed by atoms with van der Waals surface area (Å²) >= 11 is 0. The van der Waals surface area contributed by atoms with Gasteiger partial charge in [-0.05, 0) is 27.9 Å². The van der Waals surface area contributed by atoms with E-state index in [1.54, 1.807) is 0 Å². The van der Waals surface area contributed by atoms with Crippen molar-refractivity contribution in [3.8, 4) is 0 Å². The van der Waals surface area contributed by atoms with Crippen LogP contribution in [0.15, 0.2) is 0 Å². The second-order valence-electron chi connectivity index (χ2n) is 4.50. The molecule has 1 unspecified atom stereocenters. The maximum Gasteiger partial charge on any atom is 0.0323 e. The van der Waals surface area contributed by atoms with Gasteiger partial charge in [0, 0.05) is 38.3 Å². The molecule has 1 fully saturated rings. The van der Waals surface area contributed by atoms with Crippen molar-refractivity contribution in [1.82, 2.24) is 15.1 Å². The molecule has 1 rings (SSSR count). The number of nitrogens with zero attached hydrogens (tertiary/aromatic N) is 2. The number of nitrogens with one attached hydrogen (secondary N) is 1. The lowest BCUT2D eigenvalue weighted by molar-refractivity contribution is 0.147. The maximum absolute atomic E-state index is 3.55. The van der Waals surface area contributed by atoms with Crippen LogP contribution >= 0.6 is 0 Å². The number of piperazine rings is 1. The van der Waals surface area contributed by atoms with Crippen molar-refractivity contribution >= 4 is 0 Å². The van der Waals surface area contributed by atoms with Gasteiger partial charge >= 0.3 is 0 Å². The van der Waals surface area contributed by atoms with Gasteiger partial charge in [-0.1, -0.05) is 0 Å². The fourth-order valence-electron chi connectivity index (χ4n) is 1.88. The molecule has 0 radical (unpaired) electrons. The van der Waals surface area contributed by atoms with Gasteiger partial charge in [-0.2, -0.15) is 0 Å². The molecule has 1 N–H and O–H groups in total. The van der Waals surface area contributed by atoms with Crippen molar-refractivity contribution in [3.63, 3.8) is 0 Å². The largest absolute Gasteiger partial charge is 0.310 e. The Hall–Kier alpha value is -0.120. The summed E-state index contributed by atoms with van der Waals surface area (Å²) in [5.74, 6) is 0. The molecule has 78 valence electrons. The molecule has 3 heteroatoms. The van der Waals surface area contributed by atoms with Crippen LogP contribution in [-0.4, -0.2) is 62.2 Å². The van der Waals surface area contributed by atoms with Gasteiger partial charge < -0.3 is 10.2 Å². The third kappa shape index (κ3) is 3.63. The van der Waals surface area contributed by atoms with Gasteiger partial charge in [0.2, 0.25) is 0 Å². The van der Waals surface area contributed by atoms with Crippen LogP contribution in [0.2, 0.25) is 0 Å². The first-order valence-electron chi connectivity index (χ1n) is 5.21. The SMILES string of the molecule is CC(C)N1CCNC(CN(C)C)C1. The average Bonchev–Trinajstić information content (AvgIpc) is 2.03. The molecule has 0 aromatic carbocycles. The van der Waals surface area contributed by atoms with Crippen molar-refractivity contribution in [2.45, 2.75) is 25.9 Å². The van der Waals surface area contributed by atoms with Crippen LogP contribution in [0.5, 0.6) is 0 Å². The van der Waals surface area contributed by atoms with Crippen molar-refractivity contribution < 1.29 is 0 Å². The standard InChI is InChI=1S/C10H23N3/c1-9(2)13-6-5-11-10(8-13)7-12(3)4/h9-11H,5-8H2,1-4H3. The molecule has 0 saturated carbocycles. The van der Waals surface area contributed by atoms with E-state index < -0.39 is 0 Å². The molecule has 0 bridgehead atoms. The third-order valence-corrected chi connectivity index (χ3v) is 2.60. The summed E-state index contributed by atoms with van der Waals surface area (Å²) in [5, 5.41) is 3.55. The van der Waals surface area contributed by atoms with Gasteiger partial charge in [0.1, 0.15) is 0 Å². The van der Waals surface area contributed by atoms with Crippen molar-refractivity contribution in [2.24, 2.45) is 0 Å². The Labute approximate surface area is 82.1 Å². The first kappa shape index (κ1) is 11.0. The van der Waals surface area contributed by atoms with Gasteiger partial charge in [-0.3, -0.25) is 4.90 Å². The zero-order valence-electron chi connectivity index (χ0n) is 9.38. The maximum atomic E-state index is 3.55. The van der Waals surface area contributed by atoms with E-state index in [2.05, 4.69) is 43.1 Å². The highest BCUT2D eigenvalue weighted by Crippen LogP contribution is 2.04. The quantitative estimate of drug-likeness (QED) is 0.679. The van der Waals surface area contributed by atoms with Gasteiger partial charge in [0.05, 0.1) is 0 Å². The Balaban J connectivity index is 2.33. The highest BCUT2D eigenvalue weighted by Gasteiger charge is 2.20. The van der Waals surface area contributed by atoms with Crippen molar-refractivity contribution in [3.05, 3.63) is 0 Å². The second kappa shape index (κ2) is 4.94. The number of likely N-dealkylation sites (N-methyl/N-ethyl adjacent to an activating group) is 1. The lowest BCUT2D eigenvalue weighted by Crippen LogP contribution is -2.55. The number of hydrogen-bond donors (Lipinski definition) is 1. The monoisotopic (exact) mass is 185 g/mol. The molecule has 13 heavy (non-hydrogen) atoms. The van der Waals surface area contributed by atoms with Gasteiger partial charge in [-0.15, -0.1) is 0 Å². The summed E-state index contributed by atoms with van der Waals surface area (Å²) in [7, 11) is 4.27. The van der Waals surface area contributed by atoms with E-state index in [-0.39, 0.29) is 0 Å². The van der Waals surface area contributed by atoms with Crippen LogP contribution in [0.4, 0.5) is 0 Å². The van der Waals surface area contributed by atoms with Crippen LogP contribution in [0, 0.1) is 0 Å². The normalized spacial score (nSPS) is 25.8. The summed E-state index contributed by atoms with van der Waals surface area (Å²) in [6, 6.07) is 1.33. The Morgan fingerprint density at radius 2 is 2.15 bits per heavy atom. The molecule has 0 aromatic rings. The Morgan fingerprint density at radius 1 is 1.46 bits per heavy atom. The minimum atomic E-state index is 0.645. The minimum absolute atomic E-state index is 0.645. The highest BCUT2D eigenvalue weighted by molar-refractivity contribution is 4.81. The molecule has 1 aliphatic rings. The second-order valence-corrected chi connectivity index (χ2v) is 4.50. The van der Waals surface area contributed by atoms with Crippen LogP contribution in [-0.2, 0) is 0 Å². The van der Waals surface area contributed by atoms with Gasteiger partial charge in [0.25, 0.3) is 0 Å². The molecule has 3 nitrogen and oxygen atoms in total. The first-order chi connectivity index (χ1) is 6.09. The molecular weight excluding hydrogens is 162 g/mol. The summed E-state index contributed by atoms with van der Waals surface area (Å²) in [6.07, 6.45) is 0. The zero-order valence-corrected chi connectivity index (χ0v) is 9.38. The summed E-state index contributed by atoms with van der Waals surface area (Å²) in [5.41, 5.74) is 0. The fraction of sp³-hybridized carbons (Fsp3) is 1.00. The predicted octanol–water partition coefficient (Wildman–Crippen LogP) is 0.230. The van der Waals surface area contributed by atoms with Crippen molar-refractivity contribution in [2.75, 3.05) is 40.3 Å². The molecular formula is C10H23N3. The topological polar surface area (TPSA) is 18.5 Å². The van der Waals surface area contributed by atoms with Crippen LogP contribution in [0.25, 0.3) is 0 Å². The van der Waals surface area contributed by atoms with E-state index in [1.165, 1.54) is 13.1 Å². The fourth-order valence-corrected chi connectivity index (χ4v) is 1.88. The smallest absolute Gasteiger partial charge is 0.0323 e. The summed E-state index contributed by atoms with van der Waals surface area (Å²) in [4.78, 5) is 4.80. The average molecular weight is 185 g/mol. The molecule has 0 aliphatic carbocycles. The summed E-state index contributed by atoms with van der Waals surface area (Å²) in [6.45, 7) is 9.22. The zero-order chi connectivity index (χ0) is 9.84. The minimum Gasteiger partial charge on any atom is -0.310 e. The predicted molar refractivity (Wildman–Crippen MR) is 57.1 cm³/mol. The van der Waals surface area contributed by atoms with Crippen LogP contribution in [0.1, 0.15) is 13.8 Å². The molecule has 0 amide bonds. The number of hydrogen-bond acceptors (Lipinski definition) is 3. The lowest BCUT2D eigenvalue weighted by Gasteiger charge is -2.37. The Bertz CT molecular complexity index is 145. The molecule has 1 aliphatic heterocycles. The van der Waals surface area contributed by atoms with E-state index in [0.29, 0.717) is 12.1 Å². The first-order valence-corrected chi connectivity index (χ1v) is 5.21. The molecule has 1 heterocycles. The van der Waals surface area contributed by atoms with Gasteiger partial charge in [-0.25, -0.2) is 0 Å². The van der Waals surface area contributed by atoms with E-state index >= 15 is 0 Å². The molecule has 1 atom stereocenters. The summed E-state index contributed by atoms with van der Waals surface area (Å²) < 4.78 is 0. The van der Waals surface area contributed by atoms with Gasteiger partial charge in [0.15, 0.2) is 0 Å².